The van der Waals surface area contributed by atoms with E-state index in [0.717, 1.165) is 22.1 Å². The lowest BCUT2D eigenvalue weighted by atomic mass is 9.98. The van der Waals surface area contributed by atoms with Gasteiger partial charge in [-0.3, -0.25) is 9.59 Å². The van der Waals surface area contributed by atoms with E-state index in [4.69, 9.17) is 10.5 Å². The van der Waals surface area contributed by atoms with Crippen molar-refractivity contribution in [3.05, 3.63) is 41.5 Å². The predicted octanol–water partition coefficient (Wildman–Crippen LogP) is 2.08. The topological polar surface area (TPSA) is 69.4 Å². The van der Waals surface area contributed by atoms with E-state index in [-0.39, 0.29) is 18.1 Å². The summed E-state index contributed by atoms with van der Waals surface area (Å²) in [5.74, 6) is -0.0213. The Morgan fingerprint density at radius 2 is 2.10 bits per heavy atom. The molecule has 0 fully saturated rings. The summed E-state index contributed by atoms with van der Waals surface area (Å²) in [5.41, 5.74) is 6.92. The first-order valence-corrected chi connectivity index (χ1v) is 6.52. The summed E-state index contributed by atoms with van der Waals surface area (Å²) >= 11 is 0. The molecule has 2 aromatic carbocycles. The molecule has 1 amide bonds. The number of methoxy groups -OCH3 is 1. The van der Waals surface area contributed by atoms with Gasteiger partial charge in [0.05, 0.1) is 7.11 Å². The van der Waals surface area contributed by atoms with Crippen LogP contribution in [0.1, 0.15) is 22.3 Å². The lowest BCUT2D eigenvalue weighted by Crippen LogP contribution is -2.20. The van der Waals surface area contributed by atoms with Gasteiger partial charge in [-0.1, -0.05) is 18.2 Å². The Balaban J connectivity index is 2.13. The third-order valence-corrected chi connectivity index (χ3v) is 3.85. The Bertz CT molecular complexity index is 721. The second-order valence-electron chi connectivity index (χ2n) is 5.12. The summed E-state index contributed by atoms with van der Waals surface area (Å²) < 4.78 is 5.22. The molecule has 0 saturated carbocycles. The lowest BCUT2D eigenvalue weighted by molar-refractivity contribution is -0.118. The Kier molecular flexibility index (Phi) is 2.93. The standard InChI is InChI=1S/C16H15NO3/c1-20-12-5-4-9-2-3-10-6-11(7-14(17)18)16(19)15(10)13(9)8-12/h2-5,8,11H,6-7H2,1H3,(H2,17,18). The number of hydrogen-bond donors (Lipinski definition) is 1. The number of ketones is 1. The number of ether oxygens (including phenoxy) is 1. The maximum atomic E-state index is 12.5. The highest BCUT2D eigenvalue weighted by Gasteiger charge is 2.32. The fraction of sp³-hybridized carbons (Fsp3) is 0.250. The van der Waals surface area contributed by atoms with Gasteiger partial charge >= 0.3 is 0 Å². The highest BCUT2D eigenvalue weighted by Crippen LogP contribution is 2.35. The zero-order valence-corrected chi connectivity index (χ0v) is 11.2. The van der Waals surface area contributed by atoms with Gasteiger partial charge in [0, 0.05) is 17.9 Å². The first-order valence-electron chi connectivity index (χ1n) is 6.52. The molecular weight excluding hydrogens is 254 g/mol. The third kappa shape index (κ3) is 1.93. The number of carbonyl (C=O) groups excluding carboxylic acids is 2. The van der Waals surface area contributed by atoms with Crippen LogP contribution in [-0.2, 0) is 11.2 Å². The number of rotatable bonds is 3. The minimum atomic E-state index is -0.432. The third-order valence-electron chi connectivity index (χ3n) is 3.85. The van der Waals surface area contributed by atoms with Gasteiger partial charge in [0.25, 0.3) is 0 Å². The SMILES string of the molecule is COc1ccc2ccc3c(c2c1)C(=O)C(CC(N)=O)C3. The van der Waals surface area contributed by atoms with Crippen molar-refractivity contribution < 1.29 is 14.3 Å². The summed E-state index contributed by atoms with van der Waals surface area (Å²) in [5, 5.41) is 1.89. The maximum absolute atomic E-state index is 12.5. The minimum Gasteiger partial charge on any atom is -0.497 e. The minimum absolute atomic E-state index is 0.0117. The smallest absolute Gasteiger partial charge is 0.218 e. The van der Waals surface area contributed by atoms with E-state index in [0.29, 0.717) is 12.0 Å². The van der Waals surface area contributed by atoms with E-state index >= 15 is 0 Å². The lowest BCUT2D eigenvalue weighted by Gasteiger charge is -2.07. The van der Waals surface area contributed by atoms with Crippen LogP contribution in [-0.4, -0.2) is 18.8 Å². The fourth-order valence-electron chi connectivity index (χ4n) is 2.90. The van der Waals surface area contributed by atoms with Crippen LogP contribution < -0.4 is 10.5 Å². The maximum Gasteiger partial charge on any atom is 0.218 e. The molecule has 4 nitrogen and oxygen atoms in total. The van der Waals surface area contributed by atoms with Crippen LogP contribution in [0, 0.1) is 5.92 Å². The van der Waals surface area contributed by atoms with Crippen LogP contribution in [0.4, 0.5) is 0 Å². The molecule has 4 heteroatoms. The molecule has 2 N–H and O–H groups in total. The molecule has 0 bridgehead atoms. The molecule has 0 aromatic heterocycles. The van der Waals surface area contributed by atoms with Crippen molar-refractivity contribution in [1.82, 2.24) is 0 Å². The summed E-state index contributed by atoms with van der Waals surface area (Å²) in [6.45, 7) is 0. The molecule has 0 radical (unpaired) electrons. The van der Waals surface area contributed by atoms with Crippen molar-refractivity contribution in [2.75, 3.05) is 7.11 Å². The normalized spacial score (nSPS) is 17.2. The van der Waals surface area contributed by atoms with Crippen molar-refractivity contribution in [1.29, 1.82) is 0 Å². The number of primary amides is 1. The fourth-order valence-corrected chi connectivity index (χ4v) is 2.90. The van der Waals surface area contributed by atoms with Gasteiger partial charge in [0.2, 0.25) is 5.91 Å². The largest absolute Gasteiger partial charge is 0.497 e. The summed E-state index contributed by atoms with van der Waals surface area (Å²) in [6.07, 6.45) is 0.698. The molecule has 1 unspecified atom stereocenters. The Morgan fingerprint density at radius 1 is 1.35 bits per heavy atom. The molecule has 102 valence electrons. The van der Waals surface area contributed by atoms with Gasteiger partial charge < -0.3 is 10.5 Å². The van der Waals surface area contributed by atoms with Crippen LogP contribution in [0.25, 0.3) is 10.8 Å². The number of benzene rings is 2. The number of amides is 1. The van der Waals surface area contributed by atoms with Crippen molar-refractivity contribution in [3.63, 3.8) is 0 Å². The number of fused-ring (bicyclic) bond motifs is 3. The number of Topliss-reactive ketones (excluding diaryl/α,β-unsaturated/α-hetero) is 1. The number of nitrogens with two attached hydrogens (primary N) is 1. The Labute approximate surface area is 116 Å². The molecule has 0 aliphatic heterocycles. The summed E-state index contributed by atoms with van der Waals surface area (Å²) in [4.78, 5) is 23.6. The molecule has 1 aliphatic carbocycles. The van der Waals surface area contributed by atoms with Crippen molar-refractivity contribution in [3.8, 4) is 5.75 Å². The van der Waals surface area contributed by atoms with Crippen LogP contribution in [0.5, 0.6) is 5.75 Å². The molecule has 0 spiro atoms. The van der Waals surface area contributed by atoms with E-state index < -0.39 is 5.91 Å². The molecule has 0 heterocycles. The number of carbonyl (C=O) groups is 2. The van der Waals surface area contributed by atoms with Gasteiger partial charge in [-0.25, -0.2) is 0 Å². The van der Waals surface area contributed by atoms with Crippen LogP contribution in [0.15, 0.2) is 30.3 Å². The van der Waals surface area contributed by atoms with Crippen molar-refractivity contribution in [2.24, 2.45) is 11.7 Å². The monoisotopic (exact) mass is 269 g/mol. The van der Waals surface area contributed by atoms with E-state index in [2.05, 4.69) is 0 Å². The molecule has 1 atom stereocenters. The van der Waals surface area contributed by atoms with Crippen LogP contribution in [0.3, 0.4) is 0 Å². The molecular formula is C16H15NO3. The van der Waals surface area contributed by atoms with E-state index in [9.17, 15) is 9.59 Å². The first kappa shape index (κ1) is 12.7. The molecule has 20 heavy (non-hydrogen) atoms. The van der Waals surface area contributed by atoms with Crippen LogP contribution >= 0.6 is 0 Å². The van der Waals surface area contributed by atoms with Gasteiger partial charge in [0.15, 0.2) is 5.78 Å². The van der Waals surface area contributed by atoms with E-state index in [1.807, 2.05) is 30.3 Å². The Hall–Kier alpha value is -2.36. The first-order chi connectivity index (χ1) is 9.60. The molecule has 2 aromatic rings. The van der Waals surface area contributed by atoms with E-state index in [1.165, 1.54) is 0 Å². The summed E-state index contributed by atoms with van der Waals surface area (Å²) in [7, 11) is 1.60. The van der Waals surface area contributed by atoms with Crippen molar-refractivity contribution >= 4 is 22.5 Å². The average molecular weight is 269 g/mol. The zero-order chi connectivity index (χ0) is 14.3. The highest BCUT2D eigenvalue weighted by atomic mass is 16.5. The van der Waals surface area contributed by atoms with Crippen LogP contribution in [0.2, 0.25) is 0 Å². The second kappa shape index (κ2) is 4.63. The van der Waals surface area contributed by atoms with Gasteiger partial charge in [-0.15, -0.1) is 0 Å². The Morgan fingerprint density at radius 3 is 2.80 bits per heavy atom. The van der Waals surface area contributed by atoms with Gasteiger partial charge in [-0.05, 0) is 34.9 Å². The van der Waals surface area contributed by atoms with Gasteiger partial charge in [-0.2, -0.15) is 0 Å². The van der Waals surface area contributed by atoms with Crippen molar-refractivity contribution in [2.45, 2.75) is 12.8 Å². The molecule has 3 rings (SSSR count). The summed E-state index contributed by atoms with van der Waals surface area (Å²) in [6, 6.07) is 9.63. The zero-order valence-electron chi connectivity index (χ0n) is 11.2. The van der Waals surface area contributed by atoms with E-state index in [1.54, 1.807) is 7.11 Å². The average Bonchev–Trinajstić information content (AvgIpc) is 2.74. The molecule has 0 saturated heterocycles. The quantitative estimate of drug-likeness (QED) is 0.927. The highest BCUT2D eigenvalue weighted by molar-refractivity contribution is 6.13. The number of hydrogen-bond acceptors (Lipinski definition) is 3. The molecule has 1 aliphatic rings. The van der Waals surface area contributed by atoms with Gasteiger partial charge in [0.1, 0.15) is 5.75 Å². The predicted molar refractivity (Wildman–Crippen MR) is 75.8 cm³/mol. The second-order valence-corrected chi connectivity index (χ2v) is 5.12.